The number of anilines is 2. The molecule has 4 aromatic rings. The smallest absolute Gasteiger partial charge is 0.406 e. The lowest BCUT2D eigenvalue weighted by molar-refractivity contribution is -0.274. The SMILES string of the molecule is Nc1nccc2cc(NC(=O)C(O)c3cccc(-c4ccc(OC(F)(F)F)cc4)c3)ccc12. The molecule has 6 nitrogen and oxygen atoms in total. The maximum absolute atomic E-state index is 12.6. The predicted octanol–water partition coefficient (Wildman–Crippen LogP) is 5.05. The molecule has 1 heterocycles. The summed E-state index contributed by atoms with van der Waals surface area (Å²) in [5, 5.41) is 14.8. The summed E-state index contributed by atoms with van der Waals surface area (Å²) >= 11 is 0. The molecule has 168 valence electrons. The first-order valence-electron chi connectivity index (χ1n) is 9.79. The van der Waals surface area contributed by atoms with E-state index >= 15 is 0 Å². The van der Waals surface area contributed by atoms with Crippen LogP contribution in [0.5, 0.6) is 5.75 Å². The second kappa shape index (κ2) is 8.79. The average Bonchev–Trinajstić information content (AvgIpc) is 2.78. The van der Waals surface area contributed by atoms with Crippen LogP contribution in [0.4, 0.5) is 24.7 Å². The number of hydrogen-bond donors (Lipinski definition) is 3. The van der Waals surface area contributed by atoms with Crippen molar-refractivity contribution in [1.29, 1.82) is 0 Å². The fourth-order valence-corrected chi connectivity index (χ4v) is 3.38. The number of aromatic nitrogens is 1. The molecule has 0 radical (unpaired) electrons. The molecule has 0 aliphatic heterocycles. The van der Waals surface area contributed by atoms with Crippen molar-refractivity contribution in [1.82, 2.24) is 4.98 Å². The van der Waals surface area contributed by atoms with E-state index in [1.807, 2.05) is 0 Å². The van der Waals surface area contributed by atoms with Gasteiger partial charge in [-0.15, -0.1) is 13.2 Å². The molecule has 33 heavy (non-hydrogen) atoms. The first kappa shape index (κ1) is 22.1. The molecule has 1 aromatic heterocycles. The Morgan fingerprint density at radius 1 is 1.00 bits per heavy atom. The average molecular weight is 453 g/mol. The van der Waals surface area contributed by atoms with Crippen LogP contribution in [0.3, 0.4) is 0 Å². The number of rotatable bonds is 5. The molecule has 0 saturated heterocycles. The lowest BCUT2D eigenvalue weighted by atomic mass is 10.00. The van der Waals surface area contributed by atoms with Crippen molar-refractivity contribution in [2.24, 2.45) is 0 Å². The Kier molecular flexibility index (Phi) is 5.89. The van der Waals surface area contributed by atoms with Crippen LogP contribution in [0, 0.1) is 0 Å². The number of amides is 1. The van der Waals surface area contributed by atoms with E-state index in [1.165, 1.54) is 24.3 Å². The van der Waals surface area contributed by atoms with Crippen LogP contribution in [-0.4, -0.2) is 22.4 Å². The van der Waals surface area contributed by atoms with E-state index in [0.29, 0.717) is 28.2 Å². The molecule has 0 saturated carbocycles. The number of nitrogens with two attached hydrogens (primary N) is 1. The summed E-state index contributed by atoms with van der Waals surface area (Å²) in [6, 6.07) is 18.7. The van der Waals surface area contributed by atoms with E-state index in [9.17, 15) is 23.1 Å². The number of carbonyl (C=O) groups is 1. The highest BCUT2D eigenvalue weighted by atomic mass is 19.4. The molecule has 1 amide bonds. The Bertz CT molecular complexity index is 1310. The van der Waals surface area contributed by atoms with E-state index in [4.69, 9.17) is 5.73 Å². The number of fused-ring (bicyclic) bond motifs is 1. The molecule has 4 N–H and O–H groups in total. The van der Waals surface area contributed by atoms with E-state index < -0.39 is 18.4 Å². The number of benzene rings is 3. The lowest BCUT2D eigenvalue weighted by Crippen LogP contribution is -2.20. The molecule has 9 heteroatoms. The van der Waals surface area contributed by atoms with Crippen LogP contribution < -0.4 is 15.8 Å². The minimum atomic E-state index is -4.77. The van der Waals surface area contributed by atoms with E-state index in [2.05, 4.69) is 15.0 Å². The topological polar surface area (TPSA) is 97.5 Å². The maximum Gasteiger partial charge on any atom is 0.573 e. The minimum Gasteiger partial charge on any atom is -0.406 e. The zero-order valence-electron chi connectivity index (χ0n) is 17.0. The van der Waals surface area contributed by atoms with Gasteiger partial charge in [-0.25, -0.2) is 4.98 Å². The lowest BCUT2D eigenvalue weighted by Gasteiger charge is -2.14. The normalized spacial score (nSPS) is 12.4. The molecule has 4 rings (SSSR count). The third-order valence-electron chi connectivity index (χ3n) is 4.93. The number of pyridine rings is 1. The van der Waals surface area contributed by atoms with Crippen LogP contribution in [-0.2, 0) is 4.79 Å². The summed E-state index contributed by atoms with van der Waals surface area (Å²) < 4.78 is 40.9. The third-order valence-corrected chi connectivity index (χ3v) is 4.93. The first-order valence-corrected chi connectivity index (χ1v) is 9.79. The van der Waals surface area contributed by atoms with Crippen molar-refractivity contribution < 1.29 is 27.8 Å². The van der Waals surface area contributed by atoms with Gasteiger partial charge in [0.15, 0.2) is 6.10 Å². The molecule has 0 spiro atoms. The van der Waals surface area contributed by atoms with Gasteiger partial charge in [-0.2, -0.15) is 0 Å². The third kappa shape index (κ3) is 5.21. The molecule has 0 fully saturated rings. The monoisotopic (exact) mass is 453 g/mol. The van der Waals surface area contributed by atoms with Crippen LogP contribution in [0.2, 0.25) is 0 Å². The molecule has 1 unspecified atom stereocenters. The van der Waals surface area contributed by atoms with Gasteiger partial charge in [0.1, 0.15) is 11.6 Å². The molecule has 0 aliphatic carbocycles. The molecule has 1 atom stereocenters. The number of nitrogens with one attached hydrogen (secondary N) is 1. The van der Waals surface area contributed by atoms with Crippen molar-refractivity contribution in [3.05, 3.63) is 84.6 Å². The van der Waals surface area contributed by atoms with Gasteiger partial charge in [-0.05, 0) is 64.5 Å². The second-order valence-electron chi connectivity index (χ2n) is 7.22. The van der Waals surface area contributed by atoms with Gasteiger partial charge >= 0.3 is 6.36 Å². The van der Waals surface area contributed by atoms with Gasteiger partial charge in [0.05, 0.1) is 0 Å². The Morgan fingerprint density at radius 2 is 1.76 bits per heavy atom. The number of nitrogens with zero attached hydrogens (tertiary/aromatic N) is 1. The van der Waals surface area contributed by atoms with Gasteiger partial charge in [0.2, 0.25) is 0 Å². The highest BCUT2D eigenvalue weighted by molar-refractivity contribution is 5.99. The van der Waals surface area contributed by atoms with E-state index in [0.717, 1.165) is 10.8 Å². The van der Waals surface area contributed by atoms with Crippen LogP contribution in [0.1, 0.15) is 11.7 Å². The quantitative estimate of drug-likeness (QED) is 0.393. The molecule has 0 aliphatic rings. The van der Waals surface area contributed by atoms with Gasteiger partial charge in [0, 0.05) is 17.3 Å². The summed E-state index contributed by atoms with van der Waals surface area (Å²) in [5.41, 5.74) is 7.86. The fourth-order valence-electron chi connectivity index (χ4n) is 3.38. The fraction of sp³-hybridized carbons (Fsp3) is 0.0833. The molecule has 0 bridgehead atoms. The number of aliphatic hydroxyl groups excluding tert-OH is 1. The number of halogens is 3. The van der Waals surface area contributed by atoms with Crippen molar-refractivity contribution >= 4 is 28.2 Å². The van der Waals surface area contributed by atoms with Crippen LogP contribution in [0.15, 0.2) is 79.0 Å². The Morgan fingerprint density at radius 3 is 2.48 bits per heavy atom. The maximum atomic E-state index is 12.6. The molecule has 3 aromatic carbocycles. The van der Waals surface area contributed by atoms with Crippen LogP contribution in [0.25, 0.3) is 21.9 Å². The zero-order valence-corrected chi connectivity index (χ0v) is 17.0. The van der Waals surface area contributed by atoms with E-state index in [1.54, 1.807) is 54.7 Å². The van der Waals surface area contributed by atoms with Gasteiger partial charge in [-0.1, -0.05) is 30.3 Å². The Balaban J connectivity index is 1.50. The van der Waals surface area contributed by atoms with E-state index in [-0.39, 0.29) is 5.75 Å². The number of alkyl halides is 3. The van der Waals surface area contributed by atoms with Crippen molar-refractivity contribution in [3.63, 3.8) is 0 Å². The first-order chi connectivity index (χ1) is 15.7. The Hall–Kier alpha value is -4.11. The largest absolute Gasteiger partial charge is 0.573 e. The predicted molar refractivity (Wildman–Crippen MR) is 118 cm³/mol. The summed E-state index contributed by atoms with van der Waals surface area (Å²) in [4.78, 5) is 16.6. The zero-order chi connectivity index (χ0) is 23.6. The second-order valence-corrected chi connectivity index (χ2v) is 7.22. The summed E-state index contributed by atoms with van der Waals surface area (Å²) in [6.45, 7) is 0. The molecular weight excluding hydrogens is 435 g/mol. The van der Waals surface area contributed by atoms with Crippen molar-refractivity contribution in [2.45, 2.75) is 12.5 Å². The van der Waals surface area contributed by atoms with Crippen molar-refractivity contribution in [3.8, 4) is 16.9 Å². The highest BCUT2D eigenvalue weighted by Crippen LogP contribution is 2.29. The Labute approximate surface area is 186 Å². The summed E-state index contributed by atoms with van der Waals surface area (Å²) in [5.74, 6) is -0.600. The summed E-state index contributed by atoms with van der Waals surface area (Å²) in [7, 11) is 0. The van der Waals surface area contributed by atoms with Gasteiger partial charge in [-0.3, -0.25) is 4.79 Å². The number of ether oxygens (including phenoxy) is 1. The minimum absolute atomic E-state index is 0.329. The summed E-state index contributed by atoms with van der Waals surface area (Å²) in [6.07, 6.45) is -4.67. The highest BCUT2D eigenvalue weighted by Gasteiger charge is 2.31. The van der Waals surface area contributed by atoms with Gasteiger partial charge < -0.3 is 20.9 Å². The van der Waals surface area contributed by atoms with Crippen molar-refractivity contribution in [2.75, 3.05) is 11.1 Å². The number of hydrogen-bond acceptors (Lipinski definition) is 5. The van der Waals surface area contributed by atoms with Gasteiger partial charge in [0.25, 0.3) is 5.91 Å². The number of nitrogen functional groups attached to an aromatic ring is 1. The number of aliphatic hydroxyl groups is 1. The molecular formula is C24H18F3N3O3. The van der Waals surface area contributed by atoms with Crippen LogP contribution >= 0.6 is 0 Å². The standard InChI is InChI=1S/C24H18F3N3O3/c25-24(26,27)33-19-7-4-14(5-8-19)15-2-1-3-17(12-15)21(31)23(32)30-18-6-9-20-16(13-18)10-11-29-22(20)28/h1-13,21,31H,(H2,28,29)(H,30,32). The number of carbonyl (C=O) groups excluding carboxylic acids is 1.